The summed E-state index contributed by atoms with van der Waals surface area (Å²) in [7, 11) is 0. The molecule has 4 rings (SSSR count). The molecule has 154 valence electrons. The Labute approximate surface area is 182 Å². The minimum atomic E-state index is -0.611. The van der Waals surface area contributed by atoms with Crippen LogP contribution in [0.15, 0.2) is 51.5 Å². The van der Waals surface area contributed by atoms with Crippen LogP contribution in [0.3, 0.4) is 0 Å². The van der Waals surface area contributed by atoms with Gasteiger partial charge < -0.3 is 19.5 Å². The highest BCUT2D eigenvalue weighted by Gasteiger charge is 2.33. The molecule has 2 heterocycles. The van der Waals surface area contributed by atoms with Crippen LogP contribution in [-0.2, 0) is 11.3 Å². The Morgan fingerprint density at radius 2 is 2.03 bits per heavy atom. The molecule has 1 atom stereocenters. The first-order valence-corrected chi connectivity index (χ1v) is 10.2. The van der Waals surface area contributed by atoms with E-state index in [2.05, 4.69) is 26.4 Å². The van der Waals surface area contributed by atoms with Crippen LogP contribution in [0, 0.1) is 13.8 Å². The van der Waals surface area contributed by atoms with Crippen LogP contribution in [-0.4, -0.2) is 23.1 Å². The van der Waals surface area contributed by atoms with Crippen molar-refractivity contribution in [1.29, 1.82) is 0 Å². The molecule has 1 aromatic heterocycles. The van der Waals surface area contributed by atoms with Crippen LogP contribution in [0.2, 0.25) is 0 Å². The van der Waals surface area contributed by atoms with Gasteiger partial charge in [0.25, 0.3) is 11.8 Å². The molecule has 1 unspecified atom stereocenters. The fourth-order valence-electron chi connectivity index (χ4n) is 3.37. The molecule has 0 radical (unpaired) electrons. The first kappa shape index (κ1) is 20.2. The molecule has 7 nitrogen and oxygen atoms in total. The fourth-order valence-corrected chi connectivity index (χ4v) is 3.77. The summed E-state index contributed by atoms with van der Waals surface area (Å²) in [6, 6.07) is 12.4. The zero-order valence-corrected chi connectivity index (χ0v) is 18.3. The number of fused-ring (bicyclic) bond motifs is 1. The van der Waals surface area contributed by atoms with Crippen molar-refractivity contribution in [1.82, 2.24) is 5.16 Å². The molecule has 0 fully saturated rings. The number of hydrogen-bond donors (Lipinski definition) is 1. The number of amides is 2. The van der Waals surface area contributed by atoms with Crippen molar-refractivity contribution < 1.29 is 18.8 Å². The van der Waals surface area contributed by atoms with Gasteiger partial charge in [-0.2, -0.15) is 0 Å². The second kappa shape index (κ2) is 7.95. The number of rotatable bonds is 4. The Kier molecular flexibility index (Phi) is 5.34. The van der Waals surface area contributed by atoms with E-state index in [9.17, 15) is 9.59 Å². The molecule has 1 aliphatic heterocycles. The van der Waals surface area contributed by atoms with Crippen molar-refractivity contribution in [2.24, 2.45) is 0 Å². The third-order valence-corrected chi connectivity index (χ3v) is 5.50. The van der Waals surface area contributed by atoms with Gasteiger partial charge in [0.2, 0.25) is 0 Å². The van der Waals surface area contributed by atoms with E-state index in [1.165, 1.54) is 0 Å². The molecule has 1 N–H and O–H groups in total. The largest absolute Gasteiger partial charge is 0.479 e. The van der Waals surface area contributed by atoms with Gasteiger partial charge >= 0.3 is 0 Å². The number of nitrogens with one attached hydrogen (secondary N) is 1. The molecule has 2 amide bonds. The second-order valence-electron chi connectivity index (χ2n) is 7.13. The zero-order chi connectivity index (χ0) is 21.4. The van der Waals surface area contributed by atoms with Gasteiger partial charge in [-0.3, -0.25) is 9.59 Å². The van der Waals surface area contributed by atoms with Gasteiger partial charge in [-0.15, -0.1) is 0 Å². The van der Waals surface area contributed by atoms with Gasteiger partial charge in [0.05, 0.1) is 17.9 Å². The Balaban J connectivity index is 1.66. The number of nitrogens with zero attached hydrogens (tertiary/aromatic N) is 2. The number of carbonyl (C=O) groups is 2. The highest BCUT2D eigenvalue weighted by molar-refractivity contribution is 9.10. The topological polar surface area (TPSA) is 84.7 Å². The van der Waals surface area contributed by atoms with Crippen molar-refractivity contribution in [2.45, 2.75) is 33.4 Å². The molecule has 0 aliphatic carbocycles. The summed E-state index contributed by atoms with van der Waals surface area (Å²) in [4.78, 5) is 27.1. The van der Waals surface area contributed by atoms with Crippen molar-refractivity contribution in [2.75, 3.05) is 10.2 Å². The molecule has 30 heavy (non-hydrogen) atoms. The summed E-state index contributed by atoms with van der Waals surface area (Å²) in [5, 5.41) is 6.85. The minimum absolute atomic E-state index is 0.169. The molecule has 0 saturated heterocycles. The van der Waals surface area contributed by atoms with Crippen molar-refractivity contribution >= 4 is 39.1 Å². The zero-order valence-electron chi connectivity index (χ0n) is 16.7. The normalized spacial score (nSPS) is 15.5. The van der Waals surface area contributed by atoms with E-state index in [0.29, 0.717) is 35.0 Å². The lowest BCUT2D eigenvalue weighted by Crippen LogP contribution is -2.44. The predicted octanol–water partition coefficient (Wildman–Crippen LogP) is 4.62. The number of benzene rings is 2. The smallest absolute Gasteiger partial charge is 0.268 e. The van der Waals surface area contributed by atoms with Crippen LogP contribution in [0.4, 0.5) is 11.4 Å². The van der Waals surface area contributed by atoms with E-state index in [1.54, 1.807) is 48.2 Å². The molecular formula is C22H20BrN3O4. The third-order valence-electron chi connectivity index (χ3n) is 5.01. The molecule has 1 aliphatic rings. The number of halogens is 1. The van der Waals surface area contributed by atoms with Crippen LogP contribution in [0.5, 0.6) is 5.75 Å². The molecule has 0 bridgehead atoms. The number of anilines is 2. The molecule has 0 spiro atoms. The third kappa shape index (κ3) is 3.82. The van der Waals surface area contributed by atoms with Gasteiger partial charge in [-0.05, 0) is 57.2 Å². The first-order chi connectivity index (χ1) is 14.3. The van der Waals surface area contributed by atoms with Crippen LogP contribution in [0.1, 0.15) is 34.3 Å². The number of ether oxygens (including phenoxy) is 1. The monoisotopic (exact) mass is 469 g/mol. The number of hydrogen-bond acceptors (Lipinski definition) is 5. The Bertz CT molecular complexity index is 1120. The maximum absolute atomic E-state index is 12.9. The van der Waals surface area contributed by atoms with Crippen LogP contribution in [0.25, 0.3) is 0 Å². The maximum Gasteiger partial charge on any atom is 0.268 e. The average Bonchev–Trinajstić information content (AvgIpc) is 3.03. The van der Waals surface area contributed by atoms with E-state index in [-0.39, 0.29) is 11.8 Å². The fraction of sp³-hybridized carbons (Fsp3) is 0.227. The molecule has 2 aromatic carbocycles. The minimum Gasteiger partial charge on any atom is -0.479 e. The highest BCUT2D eigenvalue weighted by Crippen LogP contribution is 2.38. The summed E-state index contributed by atoms with van der Waals surface area (Å²) >= 11 is 3.37. The Morgan fingerprint density at radius 1 is 1.23 bits per heavy atom. The first-order valence-electron chi connectivity index (χ1n) is 9.44. The van der Waals surface area contributed by atoms with Crippen LogP contribution < -0.4 is 15.0 Å². The average molecular weight is 470 g/mol. The van der Waals surface area contributed by atoms with Gasteiger partial charge in [0, 0.05) is 21.3 Å². The molecule has 3 aromatic rings. The van der Waals surface area contributed by atoms with Gasteiger partial charge in [-0.25, -0.2) is 0 Å². The lowest BCUT2D eigenvalue weighted by Gasteiger charge is -2.33. The summed E-state index contributed by atoms with van der Waals surface area (Å²) in [6.45, 7) is 5.69. The van der Waals surface area contributed by atoms with E-state index in [0.717, 1.165) is 15.7 Å². The standard InChI is InChI=1S/C22H20BrN3O4/c1-12-18(13(2)30-25-12)11-26-19-10-17(7-8-20(19)29-14(3)22(26)28)24-21(27)15-5-4-6-16(23)9-15/h4-10,14H,11H2,1-3H3,(H,24,27). The quantitative estimate of drug-likeness (QED) is 0.602. The summed E-state index contributed by atoms with van der Waals surface area (Å²) < 4.78 is 11.8. The maximum atomic E-state index is 12.9. The molecule has 0 saturated carbocycles. The van der Waals surface area contributed by atoms with E-state index in [4.69, 9.17) is 9.26 Å². The van der Waals surface area contributed by atoms with Gasteiger partial charge in [0.1, 0.15) is 11.5 Å². The van der Waals surface area contributed by atoms with Gasteiger partial charge in [-0.1, -0.05) is 27.2 Å². The van der Waals surface area contributed by atoms with Crippen molar-refractivity contribution in [3.8, 4) is 5.75 Å². The summed E-state index contributed by atoms with van der Waals surface area (Å²) in [5.41, 5.74) is 3.27. The molecule has 8 heteroatoms. The van der Waals surface area contributed by atoms with E-state index < -0.39 is 6.10 Å². The summed E-state index contributed by atoms with van der Waals surface area (Å²) in [6.07, 6.45) is -0.611. The van der Waals surface area contributed by atoms with Crippen molar-refractivity contribution in [3.63, 3.8) is 0 Å². The van der Waals surface area contributed by atoms with Crippen molar-refractivity contribution in [3.05, 3.63) is 69.5 Å². The van der Waals surface area contributed by atoms with E-state index >= 15 is 0 Å². The van der Waals surface area contributed by atoms with Gasteiger partial charge in [0.15, 0.2) is 6.10 Å². The predicted molar refractivity (Wildman–Crippen MR) is 116 cm³/mol. The number of carbonyl (C=O) groups excluding carboxylic acids is 2. The number of aryl methyl sites for hydroxylation is 2. The van der Waals surface area contributed by atoms with E-state index in [1.807, 2.05) is 19.9 Å². The second-order valence-corrected chi connectivity index (χ2v) is 8.05. The Hall–Kier alpha value is -3.13. The SMILES string of the molecule is Cc1noc(C)c1CN1C(=O)C(C)Oc2ccc(NC(=O)c3cccc(Br)c3)cc21. The Morgan fingerprint density at radius 3 is 2.73 bits per heavy atom. The number of aromatic nitrogens is 1. The molecular weight excluding hydrogens is 450 g/mol. The highest BCUT2D eigenvalue weighted by atomic mass is 79.9. The lowest BCUT2D eigenvalue weighted by molar-refractivity contribution is -0.125. The lowest BCUT2D eigenvalue weighted by atomic mass is 10.1. The van der Waals surface area contributed by atoms with Crippen LogP contribution >= 0.6 is 15.9 Å². The summed E-state index contributed by atoms with van der Waals surface area (Å²) in [5.74, 6) is 0.831.